The molecule has 2 heterocycles. The number of likely N-dealkylation sites (tertiary alicyclic amines) is 1. The van der Waals surface area contributed by atoms with E-state index in [9.17, 15) is 9.59 Å². The Labute approximate surface area is 157 Å². The normalized spacial score (nSPS) is 16.9. The lowest BCUT2D eigenvalue weighted by atomic mass is 10.1. The molecule has 1 saturated heterocycles. The molecule has 1 aromatic carbocycles. The lowest BCUT2D eigenvalue weighted by Gasteiger charge is -2.16. The molecular weight excluding hydrogens is 348 g/mol. The number of hydrogen-bond acceptors (Lipinski definition) is 5. The van der Waals surface area contributed by atoms with Gasteiger partial charge >= 0.3 is 0 Å². The van der Waals surface area contributed by atoms with E-state index in [1.807, 2.05) is 30.3 Å². The zero-order valence-corrected chi connectivity index (χ0v) is 15.8. The number of carbonyl (C=O) groups is 2. The zero-order chi connectivity index (χ0) is 18.4. The van der Waals surface area contributed by atoms with Crippen molar-refractivity contribution >= 4 is 28.3 Å². The Morgan fingerprint density at radius 3 is 2.85 bits per heavy atom. The first kappa shape index (κ1) is 18.5. The first-order chi connectivity index (χ1) is 12.7. The number of rotatable bonds is 8. The summed E-state index contributed by atoms with van der Waals surface area (Å²) in [6.07, 6.45) is 4.57. The van der Waals surface area contributed by atoms with Gasteiger partial charge in [-0.1, -0.05) is 61.4 Å². The Bertz CT molecular complexity index is 747. The summed E-state index contributed by atoms with van der Waals surface area (Å²) in [7, 11) is 0. The Kier molecular flexibility index (Phi) is 6.33. The molecule has 2 aromatic rings. The van der Waals surface area contributed by atoms with Crippen LogP contribution >= 0.6 is 11.3 Å². The summed E-state index contributed by atoms with van der Waals surface area (Å²) in [5, 5.41) is 12.5. The van der Waals surface area contributed by atoms with Gasteiger partial charge in [-0.3, -0.25) is 9.59 Å². The Hall–Kier alpha value is -2.28. The van der Waals surface area contributed by atoms with E-state index >= 15 is 0 Å². The van der Waals surface area contributed by atoms with Gasteiger partial charge < -0.3 is 10.2 Å². The minimum atomic E-state index is -0.335. The van der Waals surface area contributed by atoms with Crippen LogP contribution in [-0.2, 0) is 22.6 Å². The van der Waals surface area contributed by atoms with Crippen LogP contribution in [0.15, 0.2) is 30.3 Å². The van der Waals surface area contributed by atoms with Crippen molar-refractivity contribution in [3.8, 4) is 0 Å². The van der Waals surface area contributed by atoms with Crippen LogP contribution in [0, 0.1) is 5.92 Å². The number of carbonyl (C=O) groups excluding carboxylic acids is 2. The molecule has 1 atom stereocenters. The molecule has 0 spiro atoms. The molecule has 0 bridgehead atoms. The second-order valence-electron chi connectivity index (χ2n) is 6.61. The first-order valence-corrected chi connectivity index (χ1v) is 9.92. The minimum Gasteiger partial charge on any atom is -0.338 e. The number of unbranched alkanes of at least 4 members (excludes halogenated alkanes) is 2. The fourth-order valence-electron chi connectivity index (χ4n) is 3.04. The molecule has 2 amide bonds. The van der Waals surface area contributed by atoms with E-state index in [1.165, 1.54) is 17.8 Å². The van der Waals surface area contributed by atoms with E-state index in [-0.39, 0.29) is 24.2 Å². The summed E-state index contributed by atoms with van der Waals surface area (Å²) in [6, 6.07) is 9.83. The Morgan fingerprint density at radius 2 is 2.08 bits per heavy atom. The van der Waals surface area contributed by atoms with Crippen LogP contribution in [0.25, 0.3) is 0 Å². The fraction of sp³-hybridized carbons (Fsp3) is 0.474. The fourth-order valence-corrected chi connectivity index (χ4v) is 3.83. The highest BCUT2D eigenvalue weighted by Crippen LogP contribution is 2.23. The van der Waals surface area contributed by atoms with Gasteiger partial charge in [-0.15, -0.1) is 10.2 Å². The van der Waals surface area contributed by atoms with Gasteiger partial charge in [0.2, 0.25) is 16.9 Å². The van der Waals surface area contributed by atoms with Crippen molar-refractivity contribution in [3.63, 3.8) is 0 Å². The van der Waals surface area contributed by atoms with Crippen LogP contribution in [0.3, 0.4) is 0 Å². The third-order valence-electron chi connectivity index (χ3n) is 4.49. The molecule has 6 nitrogen and oxygen atoms in total. The maximum absolute atomic E-state index is 12.5. The molecule has 3 rings (SSSR count). The highest BCUT2D eigenvalue weighted by atomic mass is 32.1. The Morgan fingerprint density at radius 1 is 1.27 bits per heavy atom. The third kappa shape index (κ3) is 4.88. The van der Waals surface area contributed by atoms with Crippen molar-refractivity contribution in [2.45, 2.75) is 45.6 Å². The summed E-state index contributed by atoms with van der Waals surface area (Å²) in [5.41, 5.74) is 1.07. The molecular formula is C19H24N4O2S. The number of nitrogens with zero attached hydrogens (tertiary/aromatic N) is 3. The number of anilines is 1. The Balaban J connectivity index is 1.51. The molecule has 0 radical (unpaired) electrons. The van der Waals surface area contributed by atoms with Crippen LogP contribution in [0.5, 0.6) is 0 Å². The smallest absolute Gasteiger partial charge is 0.231 e. The molecule has 1 aromatic heterocycles. The minimum absolute atomic E-state index is 0.0199. The van der Waals surface area contributed by atoms with Gasteiger partial charge in [0.25, 0.3) is 0 Å². The van der Waals surface area contributed by atoms with E-state index in [2.05, 4.69) is 22.4 Å². The van der Waals surface area contributed by atoms with E-state index < -0.39 is 0 Å². The summed E-state index contributed by atoms with van der Waals surface area (Å²) >= 11 is 1.42. The summed E-state index contributed by atoms with van der Waals surface area (Å²) in [4.78, 5) is 26.4. The number of aromatic nitrogens is 2. The van der Waals surface area contributed by atoms with Crippen molar-refractivity contribution in [2.24, 2.45) is 5.92 Å². The van der Waals surface area contributed by atoms with Crippen LogP contribution in [0.4, 0.5) is 5.13 Å². The van der Waals surface area contributed by atoms with E-state index in [0.29, 0.717) is 18.2 Å². The van der Waals surface area contributed by atoms with Gasteiger partial charge in [-0.05, 0) is 12.0 Å². The molecule has 0 saturated carbocycles. The first-order valence-electron chi connectivity index (χ1n) is 9.10. The standard InChI is InChI=1S/C19H24N4O2S/c1-2-3-5-10-16-21-22-19(26-16)20-18(25)15-11-17(24)23(13-15)12-14-8-6-4-7-9-14/h4,6-9,15H,2-3,5,10-13H2,1H3,(H,20,22,25). The number of amides is 2. The molecule has 1 fully saturated rings. The van der Waals surface area contributed by atoms with E-state index in [4.69, 9.17) is 0 Å². The average Bonchev–Trinajstić information content (AvgIpc) is 3.23. The zero-order valence-electron chi connectivity index (χ0n) is 15.0. The maximum Gasteiger partial charge on any atom is 0.231 e. The van der Waals surface area contributed by atoms with Crippen LogP contribution in [-0.4, -0.2) is 33.5 Å². The molecule has 26 heavy (non-hydrogen) atoms. The molecule has 0 aliphatic carbocycles. The average molecular weight is 372 g/mol. The van der Waals surface area contributed by atoms with Gasteiger partial charge in [0, 0.05) is 25.9 Å². The molecule has 1 N–H and O–H groups in total. The molecule has 1 aliphatic rings. The van der Waals surface area contributed by atoms with Crippen molar-refractivity contribution in [3.05, 3.63) is 40.9 Å². The lowest BCUT2D eigenvalue weighted by Crippen LogP contribution is -2.28. The van der Waals surface area contributed by atoms with Crippen molar-refractivity contribution in [1.29, 1.82) is 0 Å². The third-order valence-corrected chi connectivity index (χ3v) is 5.39. The lowest BCUT2D eigenvalue weighted by molar-refractivity contribution is -0.128. The second-order valence-corrected chi connectivity index (χ2v) is 7.67. The topological polar surface area (TPSA) is 75.2 Å². The van der Waals surface area contributed by atoms with E-state index in [1.54, 1.807) is 4.90 Å². The van der Waals surface area contributed by atoms with Crippen LogP contribution in [0.1, 0.15) is 43.2 Å². The summed E-state index contributed by atoms with van der Waals surface area (Å²) in [6.45, 7) is 3.15. The number of benzene rings is 1. The molecule has 1 aliphatic heterocycles. The van der Waals surface area contributed by atoms with Gasteiger partial charge in [0.1, 0.15) is 5.01 Å². The largest absolute Gasteiger partial charge is 0.338 e. The highest BCUT2D eigenvalue weighted by molar-refractivity contribution is 7.15. The van der Waals surface area contributed by atoms with Crippen molar-refractivity contribution in [2.75, 3.05) is 11.9 Å². The predicted octanol–water partition coefficient (Wildman–Crippen LogP) is 3.26. The molecule has 1 unspecified atom stereocenters. The highest BCUT2D eigenvalue weighted by Gasteiger charge is 2.34. The summed E-state index contributed by atoms with van der Waals surface area (Å²) < 4.78 is 0. The molecule has 138 valence electrons. The van der Waals surface area contributed by atoms with E-state index in [0.717, 1.165) is 29.8 Å². The second kappa shape index (κ2) is 8.89. The number of nitrogens with one attached hydrogen (secondary N) is 1. The quantitative estimate of drug-likeness (QED) is 0.722. The monoisotopic (exact) mass is 372 g/mol. The predicted molar refractivity (Wildman–Crippen MR) is 102 cm³/mol. The summed E-state index contributed by atoms with van der Waals surface area (Å²) in [5.74, 6) is -0.463. The number of aryl methyl sites for hydroxylation is 1. The van der Waals surface area contributed by atoms with Crippen molar-refractivity contribution < 1.29 is 9.59 Å². The van der Waals surface area contributed by atoms with Crippen LogP contribution < -0.4 is 5.32 Å². The SMILES string of the molecule is CCCCCc1nnc(NC(=O)C2CC(=O)N(Cc3ccccc3)C2)s1. The van der Waals surface area contributed by atoms with Gasteiger partial charge in [-0.25, -0.2) is 0 Å². The van der Waals surface area contributed by atoms with Crippen molar-refractivity contribution in [1.82, 2.24) is 15.1 Å². The maximum atomic E-state index is 12.5. The van der Waals surface area contributed by atoms with Crippen LogP contribution in [0.2, 0.25) is 0 Å². The number of hydrogen-bond donors (Lipinski definition) is 1. The van der Waals surface area contributed by atoms with Gasteiger partial charge in [-0.2, -0.15) is 0 Å². The molecule has 7 heteroatoms. The van der Waals surface area contributed by atoms with Gasteiger partial charge in [0.05, 0.1) is 5.92 Å². The van der Waals surface area contributed by atoms with Gasteiger partial charge in [0.15, 0.2) is 0 Å².